The lowest BCUT2D eigenvalue weighted by atomic mass is 10.1. The Kier molecular flexibility index (Phi) is 10.6. The molecular formula is C25H34N2O2. The van der Waals surface area contributed by atoms with Gasteiger partial charge in [0.2, 0.25) is 0 Å². The van der Waals surface area contributed by atoms with E-state index in [9.17, 15) is 4.79 Å². The zero-order valence-corrected chi connectivity index (χ0v) is 17.8. The second-order valence-corrected chi connectivity index (χ2v) is 7.29. The average molecular weight is 395 g/mol. The number of unbranched alkanes of at least 4 members (excludes halogenated alkanes) is 7. The topological polar surface area (TPSA) is 41.9 Å². The normalized spacial score (nSPS) is 11.0. The molecule has 29 heavy (non-hydrogen) atoms. The standard InChI is InChI=1S/C25H34N2O2/c1-3-4-5-6-7-8-9-13-20-27(21-26-23-14-11-10-12-15-23)24-18-16-22(17-19-24)25(28)29-2/h10-12,14-19,21H,3-9,13,20H2,1-2H3. The minimum atomic E-state index is -0.316. The molecule has 0 bridgehead atoms. The number of rotatable bonds is 13. The maximum atomic E-state index is 11.7. The number of hydrogen-bond acceptors (Lipinski definition) is 3. The Bertz CT molecular complexity index is 726. The minimum absolute atomic E-state index is 0.316. The van der Waals surface area contributed by atoms with Gasteiger partial charge in [0.25, 0.3) is 0 Å². The summed E-state index contributed by atoms with van der Waals surface area (Å²) < 4.78 is 4.79. The van der Waals surface area contributed by atoms with Crippen molar-refractivity contribution in [1.82, 2.24) is 0 Å². The summed E-state index contributed by atoms with van der Waals surface area (Å²) in [7, 11) is 1.40. The molecule has 0 heterocycles. The molecule has 0 spiro atoms. The molecule has 0 atom stereocenters. The van der Waals surface area contributed by atoms with Crippen LogP contribution in [-0.4, -0.2) is 26.0 Å². The predicted molar refractivity (Wildman–Crippen MR) is 122 cm³/mol. The number of methoxy groups -OCH3 is 1. The summed E-state index contributed by atoms with van der Waals surface area (Å²) in [6.45, 7) is 3.16. The summed E-state index contributed by atoms with van der Waals surface area (Å²) in [5.74, 6) is -0.316. The van der Waals surface area contributed by atoms with E-state index in [-0.39, 0.29) is 5.97 Å². The van der Waals surface area contributed by atoms with Gasteiger partial charge in [0.1, 0.15) is 0 Å². The molecule has 0 radical (unpaired) electrons. The Hall–Kier alpha value is -2.62. The van der Waals surface area contributed by atoms with E-state index < -0.39 is 0 Å². The maximum Gasteiger partial charge on any atom is 0.337 e. The first-order valence-corrected chi connectivity index (χ1v) is 10.8. The molecule has 4 nitrogen and oxygen atoms in total. The summed E-state index contributed by atoms with van der Waals surface area (Å²) in [6.07, 6.45) is 12.2. The molecule has 2 aromatic rings. The molecule has 0 N–H and O–H groups in total. The van der Waals surface area contributed by atoms with Gasteiger partial charge in [-0.1, -0.05) is 70.1 Å². The molecule has 0 aromatic heterocycles. The molecule has 0 unspecified atom stereocenters. The third kappa shape index (κ3) is 8.51. The molecule has 0 aliphatic carbocycles. The van der Waals surface area contributed by atoms with Crippen LogP contribution in [0.2, 0.25) is 0 Å². The minimum Gasteiger partial charge on any atom is -0.465 e. The zero-order valence-electron chi connectivity index (χ0n) is 17.8. The van der Waals surface area contributed by atoms with Crippen molar-refractivity contribution in [3.05, 3.63) is 60.2 Å². The maximum absolute atomic E-state index is 11.7. The van der Waals surface area contributed by atoms with E-state index in [1.807, 2.05) is 48.8 Å². The molecule has 0 aliphatic heterocycles. The molecule has 0 saturated carbocycles. The van der Waals surface area contributed by atoms with Crippen molar-refractivity contribution in [1.29, 1.82) is 0 Å². The highest BCUT2D eigenvalue weighted by molar-refractivity contribution is 5.90. The van der Waals surface area contributed by atoms with Gasteiger partial charge in [-0.2, -0.15) is 0 Å². The Morgan fingerprint density at radius 3 is 2.14 bits per heavy atom. The van der Waals surface area contributed by atoms with Crippen LogP contribution >= 0.6 is 0 Å². The van der Waals surface area contributed by atoms with Gasteiger partial charge >= 0.3 is 5.97 Å². The quantitative estimate of drug-likeness (QED) is 0.163. The number of hydrogen-bond donors (Lipinski definition) is 0. The van der Waals surface area contributed by atoms with E-state index >= 15 is 0 Å². The highest BCUT2D eigenvalue weighted by Gasteiger charge is 2.08. The summed E-state index contributed by atoms with van der Waals surface area (Å²) in [6, 6.07) is 17.5. The fourth-order valence-corrected chi connectivity index (χ4v) is 3.23. The van der Waals surface area contributed by atoms with Crippen LogP contribution in [0.5, 0.6) is 0 Å². The first kappa shape index (κ1) is 22.7. The third-order valence-electron chi connectivity index (χ3n) is 4.98. The lowest BCUT2D eigenvalue weighted by Gasteiger charge is -2.20. The summed E-state index contributed by atoms with van der Waals surface area (Å²) in [5.41, 5.74) is 2.52. The number of benzene rings is 2. The Morgan fingerprint density at radius 2 is 1.52 bits per heavy atom. The summed E-state index contributed by atoms with van der Waals surface area (Å²) in [5, 5.41) is 0. The van der Waals surface area contributed by atoms with Gasteiger partial charge in [0.15, 0.2) is 0 Å². The van der Waals surface area contributed by atoms with Crippen LogP contribution in [0.4, 0.5) is 11.4 Å². The number of aliphatic imine (C=N–C) groups is 1. The van der Waals surface area contributed by atoms with Gasteiger partial charge in [0, 0.05) is 12.2 Å². The molecule has 2 rings (SSSR count). The molecule has 2 aromatic carbocycles. The van der Waals surface area contributed by atoms with Crippen molar-refractivity contribution in [2.24, 2.45) is 4.99 Å². The number of carbonyl (C=O) groups excluding carboxylic acids is 1. The van der Waals surface area contributed by atoms with E-state index in [1.54, 1.807) is 12.1 Å². The van der Waals surface area contributed by atoms with Crippen LogP contribution in [-0.2, 0) is 4.74 Å². The van der Waals surface area contributed by atoms with Gasteiger partial charge in [-0.05, 0) is 42.8 Å². The van der Waals surface area contributed by atoms with Crippen molar-refractivity contribution < 1.29 is 9.53 Å². The lowest BCUT2D eigenvalue weighted by Crippen LogP contribution is -2.22. The zero-order chi connectivity index (χ0) is 20.7. The molecule has 0 amide bonds. The fraction of sp³-hybridized carbons (Fsp3) is 0.440. The highest BCUT2D eigenvalue weighted by atomic mass is 16.5. The van der Waals surface area contributed by atoms with Crippen LogP contribution in [0.1, 0.15) is 68.6 Å². The lowest BCUT2D eigenvalue weighted by molar-refractivity contribution is 0.0601. The van der Waals surface area contributed by atoms with Crippen LogP contribution in [0.15, 0.2) is 59.6 Å². The Morgan fingerprint density at radius 1 is 0.897 bits per heavy atom. The Balaban J connectivity index is 1.94. The second-order valence-electron chi connectivity index (χ2n) is 7.29. The predicted octanol–water partition coefficient (Wildman–Crippen LogP) is 6.78. The number of para-hydroxylation sites is 1. The molecule has 156 valence electrons. The summed E-state index contributed by atoms with van der Waals surface area (Å²) >= 11 is 0. The van der Waals surface area contributed by atoms with E-state index in [1.165, 1.54) is 52.1 Å². The first-order chi connectivity index (χ1) is 14.2. The van der Waals surface area contributed by atoms with Gasteiger partial charge in [-0.25, -0.2) is 9.79 Å². The molecule has 0 fully saturated rings. The number of esters is 1. The second kappa shape index (κ2) is 13.5. The van der Waals surface area contributed by atoms with Crippen molar-refractivity contribution in [3.63, 3.8) is 0 Å². The van der Waals surface area contributed by atoms with Crippen LogP contribution in [0.25, 0.3) is 0 Å². The number of carbonyl (C=O) groups is 1. The third-order valence-corrected chi connectivity index (χ3v) is 4.98. The van der Waals surface area contributed by atoms with Crippen molar-refractivity contribution in [2.75, 3.05) is 18.6 Å². The van der Waals surface area contributed by atoms with Crippen molar-refractivity contribution in [3.8, 4) is 0 Å². The van der Waals surface area contributed by atoms with Crippen molar-refractivity contribution in [2.45, 2.75) is 58.3 Å². The van der Waals surface area contributed by atoms with Gasteiger partial charge in [-0.3, -0.25) is 0 Å². The SMILES string of the molecule is CCCCCCCCCCN(C=Nc1ccccc1)c1ccc(C(=O)OC)cc1. The van der Waals surface area contributed by atoms with Crippen molar-refractivity contribution >= 4 is 23.7 Å². The molecule has 0 aliphatic rings. The van der Waals surface area contributed by atoms with Crippen LogP contribution < -0.4 is 4.90 Å². The largest absolute Gasteiger partial charge is 0.465 e. The van der Waals surface area contributed by atoms with Gasteiger partial charge in [0.05, 0.1) is 24.7 Å². The fourth-order valence-electron chi connectivity index (χ4n) is 3.23. The number of anilines is 1. The van der Waals surface area contributed by atoms with Crippen LogP contribution in [0.3, 0.4) is 0 Å². The van der Waals surface area contributed by atoms with E-state index in [0.29, 0.717) is 5.56 Å². The van der Waals surface area contributed by atoms with Gasteiger partial charge in [-0.15, -0.1) is 0 Å². The number of nitrogens with zero attached hydrogens (tertiary/aromatic N) is 2. The molecular weight excluding hydrogens is 360 g/mol. The number of ether oxygens (including phenoxy) is 1. The summed E-state index contributed by atoms with van der Waals surface area (Å²) in [4.78, 5) is 18.5. The highest BCUT2D eigenvalue weighted by Crippen LogP contribution is 2.18. The van der Waals surface area contributed by atoms with Gasteiger partial charge < -0.3 is 9.64 Å². The van der Waals surface area contributed by atoms with Crippen LogP contribution in [0, 0.1) is 0 Å². The molecule has 4 heteroatoms. The monoisotopic (exact) mass is 394 g/mol. The smallest absolute Gasteiger partial charge is 0.337 e. The van der Waals surface area contributed by atoms with E-state index in [2.05, 4.69) is 16.8 Å². The Labute approximate surface area is 175 Å². The average Bonchev–Trinajstić information content (AvgIpc) is 2.78. The van der Waals surface area contributed by atoms with E-state index in [4.69, 9.17) is 4.74 Å². The van der Waals surface area contributed by atoms with E-state index in [0.717, 1.165) is 24.3 Å². The first-order valence-electron chi connectivity index (χ1n) is 10.8. The molecule has 0 saturated heterocycles.